The van der Waals surface area contributed by atoms with Crippen molar-refractivity contribution in [3.05, 3.63) is 29.8 Å². The molecule has 5 nitrogen and oxygen atoms in total. The van der Waals surface area contributed by atoms with Crippen molar-refractivity contribution in [3.8, 4) is 0 Å². The summed E-state index contributed by atoms with van der Waals surface area (Å²) in [5.74, 6) is 0.0267. The molecule has 0 aliphatic heterocycles. The van der Waals surface area contributed by atoms with Crippen LogP contribution in [-0.2, 0) is 21.2 Å². The first kappa shape index (κ1) is 13.4. The third-order valence-electron chi connectivity index (χ3n) is 3.48. The Bertz CT molecular complexity index is 602. The molecule has 2 aliphatic carbocycles. The molecular weight excluding hydrogens is 276 g/mol. The molecule has 0 aromatic heterocycles. The van der Waals surface area contributed by atoms with Gasteiger partial charge in [0, 0.05) is 11.7 Å². The third-order valence-corrected chi connectivity index (χ3v) is 5.35. The van der Waals surface area contributed by atoms with E-state index in [0.717, 1.165) is 31.2 Å². The lowest BCUT2D eigenvalue weighted by Gasteiger charge is -2.08. The van der Waals surface area contributed by atoms with Gasteiger partial charge in [0.2, 0.25) is 15.9 Å². The normalized spacial score (nSPS) is 18.6. The molecular formula is C14H18N2O3S. The number of hydrogen-bond donors (Lipinski definition) is 2. The van der Waals surface area contributed by atoms with Crippen LogP contribution in [-0.4, -0.2) is 25.6 Å². The van der Waals surface area contributed by atoms with Crippen molar-refractivity contribution in [1.29, 1.82) is 0 Å². The number of anilines is 1. The average Bonchev–Trinajstić information content (AvgIpc) is 3.24. The summed E-state index contributed by atoms with van der Waals surface area (Å²) in [5, 5.41) is 2.70. The number of carbonyl (C=O) groups is 1. The van der Waals surface area contributed by atoms with Crippen molar-refractivity contribution in [3.63, 3.8) is 0 Å². The minimum Gasteiger partial charge on any atom is -0.353 e. The highest BCUT2D eigenvalue weighted by Gasteiger charge is 2.35. The molecule has 0 heterocycles. The molecule has 2 aliphatic rings. The van der Waals surface area contributed by atoms with Gasteiger partial charge in [0.05, 0.1) is 11.7 Å². The van der Waals surface area contributed by atoms with E-state index in [4.69, 9.17) is 0 Å². The highest BCUT2D eigenvalue weighted by atomic mass is 32.2. The van der Waals surface area contributed by atoms with Gasteiger partial charge in [-0.25, -0.2) is 8.42 Å². The standard InChI is InChI=1S/C14H18N2O3S/c17-14(15-11-5-6-11)9-10-1-3-12(4-2-10)16-20(18,19)13-7-8-13/h1-4,11,13,16H,5-9H2,(H,15,17). The molecule has 0 radical (unpaired) electrons. The SMILES string of the molecule is O=C(Cc1ccc(NS(=O)(=O)C2CC2)cc1)NC1CC1. The van der Waals surface area contributed by atoms with Gasteiger partial charge in [0.25, 0.3) is 0 Å². The molecule has 0 unspecified atom stereocenters. The number of carbonyl (C=O) groups excluding carboxylic acids is 1. The van der Waals surface area contributed by atoms with E-state index in [1.807, 2.05) is 0 Å². The molecule has 0 atom stereocenters. The van der Waals surface area contributed by atoms with Gasteiger partial charge in [-0.1, -0.05) is 12.1 Å². The average molecular weight is 294 g/mol. The molecule has 6 heteroatoms. The first-order valence-corrected chi connectivity index (χ1v) is 8.47. The number of benzene rings is 1. The van der Waals surface area contributed by atoms with Crippen LogP contribution in [0.15, 0.2) is 24.3 Å². The Morgan fingerprint density at radius 3 is 2.30 bits per heavy atom. The Labute approximate surface area is 118 Å². The van der Waals surface area contributed by atoms with Crippen LogP contribution in [0.2, 0.25) is 0 Å². The summed E-state index contributed by atoms with van der Waals surface area (Å²) in [6, 6.07) is 7.36. The van der Waals surface area contributed by atoms with Crippen LogP contribution in [0, 0.1) is 0 Å². The van der Waals surface area contributed by atoms with E-state index in [1.165, 1.54) is 0 Å². The van der Waals surface area contributed by atoms with Gasteiger partial charge >= 0.3 is 0 Å². The zero-order valence-corrected chi connectivity index (χ0v) is 11.9. The smallest absolute Gasteiger partial charge is 0.235 e. The lowest BCUT2D eigenvalue weighted by Crippen LogP contribution is -2.26. The summed E-state index contributed by atoms with van der Waals surface area (Å²) in [6.45, 7) is 0. The van der Waals surface area contributed by atoms with Crippen LogP contribution >= 0.6 is 0 Å². The quantitative estimate of drug-likeness (QED) is 0.833. The van der Waals surface area contributed by atoms with Gasteiger partial charge in [-0.3, -0.25) is 9.52 Å². The lowest BCUT2D eigenvalue weighted by molar-refractivity contribution is -0.120. The number of amides is 1. The monoisotopic (exact) mass is 294 g/mol. The molecule has 2 fully saturated rings. The molecule has 20 heavy (non-hydrogen) atoms. The van der Waals surface area contributed by atoms with Crippen LogP contribution in [0.25, 0.3) is 0 Å². The van der Waals surface area contributed by atoms with Crippen LogP contribution in [0.4, 0.5) is 5.69 Å². The van der Waals surface area contributed by atoms with Crippen molar-refractivity contribution in [2.75, 3.05) is 4.72 Å². The Morgan fingerprint density at radius 2 is 1.75 bits per heavy atom. The minimum absolute atomic E-state index is 0.0267. The second-order valence-corrected chi connectivity index (χ2v) is 7.52. The molecule has 0 spiro atoms. The maximum atomic E-state index is 11.8. The number of sulfonamides is 1. The Morgan fingerprint density at radius 1 is 1.10 bits per heavy atom. The minimum atomic E-state index is -3.21. The highest BCUT2D eigenvalue weighted by Crippen LogP contribution is 2.29. The van der Waals surface area contributed by atoms with Gasteiger partial charge in [-0.05, 0) is 43.4 Å². The molecule has 3 rings (SSSR count). The van der Waals surface area contributed by atoms with Crippen molar-refractivity contribution >= 4 is 21.6 Å². The fourth-order valence-electron chi connectivity index (χ4n) is 2.01. The highest BCUT2D eigenvalue weighted by molar-refractivity contribution is 7.93. The molecule has 1 amide bonds. The van der Waals surface area contributed by atoms with Crippen LogP contribution in [0.3, 0.4) is 0 Å². The second-order valence-electron chi connectivity index (χ2n) is 5.56. The first-order valence-electron chi connectivity index (χ1n) is 6.93. The van der Waals surface area contributed by atoms with E-state index in [0.29, 0.717) is 18.2 Å². The fraction of sp³-hybridized carbons (Fsp3) is 0.500. The van der Waals surface area contributed by atoms with Crippen LogP contribution in [0.1, 0.15) is 31.2 Å². The van der Waals surface area contributed by atoms with Crippen molar-refractivity contribution < 1.29 is 13.2 Å². The lowest BCUT2D eigenvalue weighted by atomic mass is 10.1. The summed E-state index contributed by atoms with van der Waals surface area (Å²) in [6.07, 6.45) is 3.98. The maximum Gasteiger partial charge on any atom is 0.235 e. The zero-order chi connectivity index (χ0) is 14.2. The third kappa shape index (κ3) is 3.50. The maximum absolute atomic E-state index is 11.8. The van der Waals surface area contributed by atoms with Gasteiger partial charge in [0.15, 0.2) is 0 Å². The predicted octanol–water partition coefficient (Wildman–Crippen LogP) is 1.41. The Hall–Kier alpha value is -1.56. The summed E-state index contributed by atoms with van der Waals surface area (Å²) >= 11 is 0. The van der Waals surface area contributed by atoms with Crippen LogP contribution in [0.5, 0.6) is 0 Å². The van der Waals surface area contributed by atoms with Crippen molar-refractivity contribution in [2.24, 2.45) is 0 Å². The van der Waals surface area contributed by atoms with E-state index >= 15 is 0 Å². The molecule has 2 N–H and O–H groups in total. The molecule has 2 saturated carbocycles. The summed E-state index contributed by atoms with van der Waals surface area (Å²) < 4.78 is 26.1. The summed E-state index contributed by atoms with van der Waals surface area (Å²) in [5.41, 5.74) is 1.45. The van der Waals surface area contributed by atoms with Gasteiger partial charge in [0.1, 0.15) is 0 Å². The van der Waals surface area contributed by atoms with Crippen molar-refractivity contribution in [1.82, 2.24) is 5.32 Å². The van der Waals surface area contributed by atoms with Crippen molar-refractivity contribution in [2.45, 2.75) is 43.4 Å². The van der Waals surface area contributed by atoms with E-state index in [2.05, 4.69) is 10.0 Å². The number of rotatable bonds is 6. The van der Waals surface area contributed by atoms with E-state index in [9.17, 15) is 13.2 Å². The van der Waals surface area contributed by atoms with E-state index in [-0.39, 0.29) is 11.2 Å². The zero-order valence-electron chi connectivity index (χ0n) is 11.1. The van der Waals surface area contributed by atoms with Gasteiger partial charge in [-0.15, -0.1) is 0 Å². The Kier molecular flexibility index (Phi) is 3.41. The fourth-order valence-corrected chi connectivity index (χ4v) is 3.40. The Balaban J connectivity index is 1.57. The molecule has 0 saturated heterocycles. The van der Waals surface area contributed by atoms with E-state index < -0.39 is 10.0 Å². The molecule has 108 valence electrons. The second kappa shape index (κ2) is 5.09. The largest absolute Gasteiger partial charge is 0.353 e. The van der Waals surface area contributed by atoms with Gasteiger partial charge < -0.3 is 5.32 Å². The van der Waals surface area contributed by atoms with E-state index in [1.54, 1.807) is 24.3 Å². The first-order chi connectivity index (χ1) is 9.53. The number of hydrogen-bond acceptors (Lipinski definition) is 3. The topological polar surface area (TPSA) is 75.3 Å². The van der Waals surface area contributed by atoms with Gasteiger partial charge in [-0.2, -0.15) is 0 Å². The predicted molar refractivity (Wildman–Crippen MR) is 76.9 cm³/mol. The molecule has 0 bridgehead atoms. The summed E-state index contributed by atoms with van der Waals surface area (Å²) in [7, 11) is -3.21. The molecule has 1 aromatic carbocycles. The molecule has 1 aromatic rings. The van der Waals surface area contributed by atoms with Crippen LogP contribution < -0.4 is 10.0 Å². The summed E-state index contributed by atoms with van der Waals surface area (Å²) in [4.78, 5) is 11.7. The number of nitrogens with one attached hydrogen (secondary N) is 2.